The van der Waals surface area contributed by atoms with Gasteiger partial charge in [0.05, 0.1) is 11.4 Å². The number of carbonyl (C=O) groups is 2. The summed E-state index contributed by atoms with van der Waals surface area (Å²) in [5.41, 5.74) is 1.92. The first kappa shape index (κ1) is 21.1. The van der Waals surface area contributed by atoms with Gasteiger partial charge in [-0.3, -0.25) is 14.3 Å². The molecule has 3 N–H and O–H groups in total. The first-order valence-electron chi connectivity index (χ1n) is 9.60. The number of hydrogen-bond donors (Lipinski definition) is 2. The molecule has 1 heterocycles. The van der Waals surface area contributed by atoms with Gasteiger partial charge in [-0.2, -0.15) is 0 Å². The molecule has 0 unspecified atom stereocenters. The molecule has 3 aromatic rings. The van der Waals surface area contributed by atoms with E-state index in [1.807, 2.05) is 48.5 Å². The second-order valence-corrected chi connectivity index (χ2v) is 7.03. The Morgan fingerprint density at radius 3 is 2.27 bits per heavy atom. The smallest absolute Gasteiger partial charge is 0.295 e. The summed E-state index contributed by atoms with van der Waals surface area (Å²) < 4.78 is 3.10. The Hall–Kier alpha value is -3.65. The zero-order chi connectivity index (χ0) is 21.7. The minimum Gasteiger partial charge on any atom is -0.550 e. The Bertz CT molecular complexity index is 1090. The number of anilines is 1. The van der Waals surface area contributed by atoms with Crippen LogP contribution in [-0.4, -0.2) is 27.3 Å². The van der Waals surface area contributed by atoms with Crippen LogP contribution < -0.4 is 21.3 Å². The van der Waals surface area contributed by atoms with E-state index >= 15 is 0 Å². The monoisotopic (exact) mass is 408 g/mol. The van der Waals surface area contributed by atoms with Crippen LogP contribution >= 0.6 is 0 Å². The van der Waals surface area contributed by atoms with Gasteiger partial charge in [0.2, 0.25) is 0 Å². The fourth-order valence-corrected chi connectivity index (χ4v) is 3.28. The summed E-state index contributed by atoms with van der Waals surface area (Å²) in [5.74, 6) is -1.88. The molecule has 0 fully saturated rings. The van der Waals surface area contributed by atoms with Crippen molar-refractivity contribution in [3.8, 4) is 5.69 Å². The Morgan fingerprint density at radius 1 is 1.07 bits per heavy atom. The number of amides is 1. The van der Waals surface area contributed by atoms with Crippen LogP contribution in [0.2, 0.25) is 0 Å². The molecule has 2 aromatic carbocycles. The Labute approximate surface area is 173 Å². The largest absolute Gasteiger partial charge is 0.550 e. The van der Waals surface area contributed by atoms with Gasteiger partial charge < -0.3 is 20.5 Å². The Morgan fingerprint density at radius 2 is 1.67 bits per heavy atom. The quantitative estimate of drug-likeness (QED) is 0.533. The predicted octanol–water partition coefficient (Wildman–Crippen LogP) is -0.305. The average Bonchev–Trinajstić information content (AvgIpc) is 2.95. The van der Waals surface area contributed by atoms with E-state index in [9.17, 15) is 19.5 Å². The third kappa shape index (κ3) is 4.66. The Balaban J connectivity index is 1.83. The minimum absolute atomic E-state index is 0.128. The van der Waals surface area contributed by atoms with Gasteiger partial charge in [-0.1, -0.05) is 48.5 Å². The highest BCUT2D eigenvalue weighted by Crippen LogP contribution is 2.14. The molecule has 156 valence electrons. The van der Waals surface area contributed by atoms with Gasteiger partial charge in [-0.15, -0.1) is 0 Å². The molecule has 0 aliphatic heterocycles. The number of rotatable bonds is 8. The van der Waals surface area contributed by atoms with Crippen molar-refractivity contribution in [3.63, 3.8) is 0 Å². The third-order valence-corrected chi connectivity index (χ3v) is 5.01. The van der Waals surface area contributed by atoms with Crippen LogP contribution in [0.25, 0.3) is 5.69 Å². The molecule has 3 rings (SSSR count). The molecule has 0 radical (unpaired) electrons. The predicted molar refractivity (Wildman–Crippen MR) is 110 cm³/mol. The highest BCUT2D eigenvalue weighted by atomic mass is 16.4. The zero-order valence-corrected chi connectivity index (χ0v) is 16.9. The number of nitrogens with zero attached hydrogens (tertiary/aromatic N) is 2. The highest BCUT2D eigenvalue weighted by molar-refractivity contribution is 5.96. The molecule has 0 bridgehead atoms. The molecule has 0 aliphatic carbocycles. The maximum absolute atomic E-state index is 13.0. The van der Waals surface area contributed by atoms with Crippen molar-refractivity contribution >= 4 is 17.6 Å². The van der Waals surface area contributed by atoms with Crippen LogP contribution in [0.15, 0.2) is 65.5 Å². The molecule has 0 spiro atoms. The van der Waals surface area contributed by atoms with E-state index in [1.165, 1.54) is 4.68 Å². The van der Waals surface area contributed by atoms with Gasteiger partial charge in [-0.25, -0.2) is 4.68 Å². The standard InChI is InChI=1S/C22H24N4O4/c1-15-20(22(30)26(25(15)2)17-11-7-4-8-12-17)24-21(29)18(13-19(27)28)23-14-16-9-5-3-6-10-16/h3-12,18,23H,13-14H2,1-2H3,(H,24,29)(H,27,28)/t18-/m0/s1. The van der Waals surface area contributed by atoms with E-state index in [1.54, 1.807) is 36.1 Å². The lowest BCUT2D eigenvalue weighted by molar-refractivity contribution is -0.691. The second kappa shape index (κ2) is 9.23. The molecule has 1 amide bonds. The number of aliphatic carboxylic acids is 1. The van der Waals surface area contributed by atoms with Gasteiger partial charge >= 0.3 is 0 Å². The summed E-state index contributed by atoms with van der Waals surface area (Å²) in [6.45, 7) is 2.14. The molecule has 30 heavy (non-hydrogen) atoms. The molecule has 0 saturated carbocycles. The van der Waals surface area contributed by atoms with Crippen LogP contribution in [0.4, 0.5) is 5.69 Å². The van der Waals surface area contributed by atoms with Crippen molar-refractivity contribution in [1.82, 2.24) is 9.36 Å². The van der Waals surface area contributed by atoms with Crippen molar-refractivity contribution in [3.05, 3.63) is 82.3 Å². The van der Waals surface area contributed by atoms with Gasteiger partial charge in [0.25, 0.3) is 11.5 Å². The average molecular weight is 408 g/mol. The number of aromatic nitrogens is 2. The van der Waals surface area contributed by atoms with Gasteiger partial charge in [-0.05, 0) is 19.1 Å². The number of nitrogens with one attached hydrogen (secondary N) is 1. The second-order valence-electron chi connectivity index (χ2n) is 7.03. The SMILES string of the molecule is Cc1c(NC(=O)[C@H](CC(=O)[O-])[NH2+]Cc2ccccc2)c(=O)n(-c2ccccc2)n1C. The van der Waals surface area contributed by atoms with Crippen LogP contribution in [0.5, 0.6) is 0 Å². The number of carbonyl (C=O) groups excluding carboxylic acids is 2. The molecular formula is C22H24N4O4. The number of benzene rings is 2. The van der Waals surface area contributed by atoms with Crippen molar-refractivity contribution in [2.24, 2.45) is 7.05 Å². The van der Waals surface area contributed by atoms with E-state index in [4.69, 9.17) is 0 Å². The van der Waals surface area contributed by atoms with Gasteiger partial charge in [0.15, 0.2) is 6.04 Å². The lowest BCUT2D eigenvalue weighted by atomic mass is 10.1. The summed E-state index contributed by atoms with van der Waals surface area (Å²) >= 11 is 0. The Kier molecular flexibility index (Phi) is 6.48. The maximum atomic E-state index is 13.0. The fourth-order valence-electron chi connectivity index (χ4n) is 3.28. The number of hydrogen-bond acceptors (Lipinski definition) is 4. The summed E-state index contributed by atoms with van der Waals surface area (Å²) in [7, 11) is 1.72. The maximum Gasteiger partial charge on any atom is 0.295 e. The van der Waals surface area contributed by atoms with Crippen LogP contribution in [0.1, 0.15) is 17.7 Å². The normalized spacial score (nSPS) is 11.8. The zero-order valence-electron chi connectivity index (χ0n) is 16.9. The van der Waals surface area contributed by atoms with E-state index in [2.05, 4.69) is 5.32 Å². The van der Waals surface area contributed by atoms with Crippen molar-refractivity contribution in [2.75, 3.05) is 5.32 Å². The highest BCUT2D eigenvalue weighted by Gasteiger charge is 2.26. The number of para-hydroxylation sites is 1. The number of carboxylic acid groups (broad SMARTS) is 1. The molecule has 8 nitrogen and oxygen atoms in total. The topological polar surface area (TPSA) is 113 Å². The molecule has 1 aromatic heterocycles. The summed E-state index contributed by atoms with van der Waals surface area (Å²) in [4.78, 5) is 37.0. The van der Waals surface area contributed by atoms with Crippen molar-refractivity contribution in [1.29, 1.82) is 0 Å². The molecule has 1 atom stereocenters. The number of quaternary nitrogens is 1. The third-order valence-electron chi connectivity index (χ3n) is 5.01. The van der Waals surface area contributed by atoms with Crippen LogP contribution in [-0.2, 0) is 23.2 Å². The fraction of sp³-hybridized carbons (Fsp3) is 0.227. The lowest BCUT2D eigenvalue weighted by Gasteiger charge is -2.15. The summed E-state index contributed by atoms with van der Waals surface area (Å²) in [6, 6.07) is 17.5. The van der Waals surface area contributed by atoms with Gasteiger partial charge in [0.1, 0.15) is 12.2 Å². The lowest BCUT2D eigenvalue weighted by Crippen LogP contribution is -2.91. The number of nitrogens with two attached hydrogens (primary N) is 1. The molecular weight excluding hydrogens is 384 g/mol. The van der Waals surface area contributed by atoms with Crippen molar-refractivity contribution < 1.29 is 20.0 Å². The first-order chi connectivity index (χ1) is 14.4. The van der Waals surface area contributed by atoms with E-state index in [0.717, 1.165) is 5.56 Å². The van der Waals surface area contributed by atoms with Crippen LogP contribution in [0.3, 0.4) is 0 Å². The number of carboxylic acids is 1. The van der Waals surface area contributed by atoms with Gasteiger partial charge in [0, 0.05) is 25.0 Å². The molecule has 0 aliphatic rings. The van der Waals surface area contributed by atoms with Crippen LogP contribution in [0, 0.1) is 6.92 Å². The summed E-state index contributed by atoms with van der Waals surface area (Å²) in [6.07, 6.45) is -0.461. The van der Waals surface area contributed by atoms with E-state index < -0.39 is 24.3 Å². The summed E-state index contributed by atoms with van der Waals surface area (Å²) in [5, 5.41) is 15.4. The first-order valence-corrected chi connectivity index (χ1v) is 9.60. The van der Waals surface area contributed by atoms with E-state index in [-0.39, 0.29) is 11.2 Å². The molecule has 0 saturated heterocycles. The van der Waals surface area contributed by atoms with Crippen molar-refractivity contribution in [2.45, 2.75) is 25.9 Å². The molecule has 8 heteroatoms. The van der Waals surface area contributed by atoms with E-state index in [0.29, 0.717) is 17.9 Å². The minimum atomic E-state index is -1.33.